The average Bonchev–Trinajstić information content (AvgIpc) is 3.05. The van der Waals surface area contributed by atoms with Crippen LogP contribution in [-0.2, 0) is 6.61 Å². The molecule has 0 radical (unpaired) electrons. The lowest BCUT2D eigenvalue weighted by Gasteiger charge is -1.99. The molecule has 0 amide bonds. The van der Waals surface area contributed by atoms with Gasteiger partial charge >= 0.3 is 0 Å². The molecule has 1 aromatic heterocycles. The van der Waals surface area contributed by atoms with Gasteiger partial charge in [-0.3, -0.25) is 4.98 Å². The van der Waals surface area contributed by atoms with Crippen molar-refractivity contribution in [1.29, 1.82) is 0 Å². The molecule has 1 aromatic rings. The van der Waals surface area contributed by atoms with E-state index in [9.17, 15) is 0 Å². The maximum absolute atomic E-state index is 8.97. The van der Waals surface area contributed by atoms with Crippen LogP contribution in [0.1, 0.15) is 36.1 Å². The van der Waals surface area contributed by atoms with Crippen LogP contribution in [0.25, 0.3) is 0 Å². The fraction of sp³-hybridized carbons (Fsp3) is 0.462. The van der Waals surface area contributed by atoms with Crippen molar-refractivity contribution in [1.82, 2.24) is 4.98 Å². The van der Waals surface area contributed by atoms with Gasteiger partial charge in [0.2, 0.25) is 0 Å². The first-order valence-electron chi connectivity index (χ1n) is 5.35. The van der Waals surface area contributed by atoms with Gasteiger partial charge in [0.05, 0.1) is 12.3 Å². The van der Waals surface area contributed by atoms with Gasteiger partial charge in [0.1, 0.15) is 0 Å². The summed E-state index contributed by atoms with van der Waals surface area (Å²) >= 11 is 0. The van der Waals surface area contributed by atoms with Gasteiger partial charge in [-0.1, -0.05) is 11.8 Å². The molecule has 0 spiro atoms. The molecule has 0 bridgehead atoms. The minimum absolute atomic E-state index is 0.0163. The number of aliphatic hydroxyl groups excluding tert-OH is 1. The van der Waals surface area contributed by atoms with E-state index in [0.29, 0.717) is 5.69 Å². The van der Waals surface area contributed by atoms with Gasteiger partial charge in [0.25, 0.3) is 0 Å². The van der Waals surface area contributed by atoms with E-state index in [1.54, 1.807) is 6.20 Å². The van der Waals surface area contributed by atoms with Crippen LogP contribution in [0.5, 0.6) is 0 Å². The van der Waals surface area contributed by atoms with Gasteiger partial charge in [0, 0.05) is 18.2 Å². The monoisotopic (exact) mass is 201 g/mol. The summed E-state index contributed by atoms with van der Waals surface area (Å²) in [5, 5.41) is 8.97. The number of nitrogens with zero attached hydrogens (tertiary/aromatic N) is 1. The molecule has 0 aliphatic heterocycles. The number of hydrogen-bond donors (Lipinski definition) is 1. The zero-order valence-corrected chi connectivity index (χ0v) is 8.95. The zero-order chi connectivity index (χ0) is 10.7. The average molecular weight is 201 g/mol. The van der Waals surface area contributed by atoms with Crippen molar-refractivity contribution in [2.75, 3.05) is 0 Å². The predicted octanol–water partition coefficient (Wildman–Crippen LogP) is 2.03. The molecule has 0 unspecified atom stereocenters. The molecule has 1 fully saturated rings. The Balaban J connectivity index is 2.12. The van der Waals surface area contributed by atoms with Crippen LogP contribution in [0.2, 0.25) is 0 Å². The molecular formula is C13H15NO. The van der Waals surface area contributed by atoms with E-state index in [-0.39, 0.29) is 6.61 Å². The lowest BCUT2D eigenvalue weighted by Crippen LogP contribution is -1.92. The molecule has 2 heteroatoms. The third-order valence-corrected chi connectivity index (χ3v) is 2.63. The maximum atomic E-state index is 8.97. The van der Waals surface area contributed by atoms with E-state index in [4.69, 9.17) is 5.11 Å². The fourth-order valence-corrected chi connectivity index (χ4v) is 1.40. The second kappa shape index (κ2) is 4.46. The molecule has 1 aliphatic carbocycles. The first kappa shape index (κ1) is 10.2. The van der Waals surface area contributed by atoms with Crippen molar-refractivity contribution in [2.24, 2.45) is 5.92 Å². The Morgan fingerprint density at radius 2 is 2.33 bits per heavy atom. The lowest BCUT2D eigenvalue weighted by atomic mass is 10.1. The lowest BCUT2D eigenvalue weighted by molar-refractivity contribution is 0.277. The highest BCUT2D eigenvalue weighted by Gasteiger charge is 2.19. The highest BCUT2D eigenvalue weighted by atomic mass is 16.3. The standard InChI is InChI=1S/C13H15NO/c1-10-8-14-13(9-15)7-12(10)4-2-3-11-5-6-11/h7-8,11,15H,3,5-6,9H2,1H3. The first-order valence-corrected chi connectivity index (χ1v) is 5.35. The van der Waals surface area contributed by atoms with Gasteiger partial charge in [-0.25, -0.2) is 0 Å². The Morgan fingerprint density at radius 3 is 3.00 bits per heavy atom. The Labute approximate surface area is 90.4 Å². The molecule has 15 heavy (non-hydrogen) atoms. The molecule has 1 N–H and O–H groups in total. The van der Waals surface area contributed by atoms with Crippen LogP contribution in [0, 0.1) is 24.7 Å². The summed E-state index contributed by atoms with van der Waals surface area (Å²) in [5.41, 5.74) is 2.77. The van der Waals surface area contributed by atoms with Crippen LogP contribution in [0.3, 0.4) is 0 Å². The molecule has 78 valence electrons. The van der Waals surface area contributed by atoms with Crippen LogP contribution in [0.4, 0.5) is 0 Å². The van der Waals surface area contributed by atoms with Crippen LogP contribution in [0.15, 0.2) is 12.3 Å². The minimum atomic E-state index is -0.0163. The van der Waals surface area contributed by atoms with Gasteiger partial charge < -0.3 is 5.11 Å². The molecule has 2 nitrogen and oxygen atoms in total. The summed E-state index contributed by atoms with van der Waals surface area (Å²) < 4.78 is 0. The number of rotatable bonds is 2. The summed E-state index contributed by atoms with van der Waals surface area (Å²) in [4.78, 5) is 4.10. The number of aliphatic hydroxyl groups is 1. The van der Waals surface area contributed by atoms with E-state index in [1.165, 1.54) is 12.8 Å². The predicted molar refractivity (Wildman–Crippen MR) is 59.1 cm³/mol. The van der Waals surface area contributed by atoms with Crippen LogP contribution in [-0.4, -0.2) is 10.1 Å². The molecule has 0 atom stereocenters. The zero-order valence-electron chi connectivity index (χ0n) is 8.95. The highest BCUT2D eigenvalue weighted by Crippen LogP contribution is 2.31. The van der Waals surface area contributed by atoms with Gasteiger partial charge in [-0.05, 0) is 37.3 Å². The van der Waals surface area contributed by atoms with E-state index in [1.807, 2.05) is 13.0 Å². The largest absolute Gasteiger partial charge is 0.390 e. The third-order valence-electron chi connectivity index (χ3n) is 2.63. The molecule has 1 heterocycles. The molecular weight excluding hydrogens is 186 g/mol. The number of aryl methyl sites for hydroxylation is 1. The van der Waals surface area contributed by atoms with Gasteiger partial charge in [0.15, 0.2) is 0 Å². The number of hydrogen-bond acceptors (Lipinski definition) is 2. The Morgan fingerprint density at radius 1 is 1.53 bits per heavy atom. The summed E-state index contributed by atoms with van der Waals surface area (Å²) in [5.74, 6) is 7.20. The van der Waals surface area contributed by atoms with E-state index >= 15 is 0 Å². The fourth-order valence-electron chi connectivity index (χ4n) is 1.40. The third kappa shape index (κ3) is 2.81. The molecule has 1 saturated carbocycles. The van der Waals surface area contributed by atoms with Crippen molar-refractivity contribution in [2.45, 2.75) is 32.8 Å². The molecule has 0 aromatic carbocycles. The molecule has 0 saturated heterocycles. The van der Waals surface area contributed by atoms with E-state index in [2.05, 4.69) is 16.8 Å². The van der Waals surface area contributed by atoms with Gasteiger partial charge in [-0.2, -0.15) is 0 Å². The second-order valence-electron chi connectivity index (χ2n) is 4.10. The number of aromatic nitrogens is 1. The Hall–Kier alpha value is -1.33. The van der Waals surface area contributed by atoms with Crippen molar-refractivity contribution >= 4 is 0 Å². The van der Waals surface area contributed by atoms with Crippen LogP contribution < -0.4 is 0 Å². The van der Waals surface area contributed by atoms with Crippen LogP contribution >= 0.6 is 0 Å². The van der Waals surface area contributed by atoms with E-state index in [0.717, 1.165) is 23.5 Å². The minimum Gasteiger partial charge on any atom is -0.390 e. The molecule has 1 aliphatic rings. The first-order chi connectivity index (χ1) is 7.29. The van der Waals surface area contributed by atoms with Crippen molar-refractivity contribution < 1.29 is 5.11 Å². The van der Waals surface area contributed by atoms with Crippen molar-refractivity contribution in [3.8, 4) is 11.8 Å². The van der Waals surface area contributed by atoms with Crippen molar-refractivity contribution in [3.05, 3.63) is 29.1 Å². The summed E-state index contributed by atoms with van der Waals surface area (Å²) in [6.07, 6.45) is 5.46. The Bertz CT molecular complexity index is 410. The maximum Gasteiger partial charge on any atom is 0.0853 e. The highest BCUT2D eigenvalue weighted by molar-refractivity contribution is 5.40. The van der Waals surface area contributed by atoms with Crippen molar-refractivity contribution in [3.63, 3.8) is 0 Å². The smallest absolute Gasteiger partial charge is 0.0853 e. The Kier molecular flexibility index (Phi) is 3.03. The number of pyridine rings is 1. The van der Waals surface area contributed by atoms with E-state index < -0.39 is 0 Å². The van der Waals surface area contributed by atoms with Gasteiger partial charge in [-0.15, -0.1) is 0 Å². The quantitative estimate of drug-likeness (QED) is 0.743. The summed E-state index contributed by atoms with van der Waals surface area (Å²) in [6, 6.07) is 1.87. The summed E-state index contributed by atoms with van der Waals surface area (Å²) in [6.45, 7) is 1.98. The summed E-state index contributed by atoms with van der Waals surface area (Å²) in [7, 11) is 0. The molecule has 2 rings (SSSR count). The normalized spacial score (nSPS) is 14.5. The SMILES string of the molecule is Cc1cnc(CO)cc1C#CCC1CC1. The topological polar surface area (TPSA) is 33.1 Å². The second-order valence-corrected chi connectivity index (χ2v) is 4.10.